The number of hydrogen-bond acceptors (Lipinski definition) is 4. The van der Waals surface area contributed by atoms with E-state index in [1.807, 2.05) is 49.4 Å². The Labute approximate surface area is 130 Å². The minimum Gasteiger partial charge on any atom is -0.466 e. The Morgan fingerprint density at radius 3 is 2.18 bits per heavy atom. The normalized spacial score (nSPS) is 12.8. The van der Waals surface area contributed by atoms with Crippen LogP contribution in [0.2, 0.25) is 0 Å². The fraction of sp³-hybridized carbons (Fsp3) is 0.222. The predicted molar refractivity (Wildman–Crippen MR) is 86.0 cm³/mol. The molecule has 1 rings (SSSR count). The average molecular weight is 300 g/mol. The minimum absolute atomic E-state index is 0.185. The molecule has 1 aromatic carbocycles. The molecule has 0 amide bonds. The number of ether oxygens (including phenoxy) is 2. The molecule has 0 aromatic heterocycles. The fourth-order valence-electron chi connectivity index (χ4n) is 1.73. The van der Waals surface area contributed by atoms with Crippen molar-refractivity contribution in [2.75, 3.05) is 14.2 Å². The number of rotatable bonds is 5. The quantitative estimate of drug-likeness (QED) is 0.475. The molecule has 1 aromatic rings. The van der Waals surface area contributed by atoms with Crippen molar-refractivity contribution in [2.45, 2.75) is 13.8 Å². The zero-order valence-corrected chi connectivity index (χ0v) is 13.3. The van der Waals surface area contributed by atoms with Crippen molar-refractivity contribution >= 4 is 18.0 Å². The van der Waals surface area contributed by atoms with Gasteiger partial charge in [0.1, 0.15) is 0 Å². The van der Waals surface area contributed by atoms with Gasteiger partial charge in [-0.25, -0.2) is 9.59 Å². The van der Waals surface area contributed by atoms with E-state index in [-0.39, 0.29) is 5.57 Å². The molecule has 116 valence electrons. The van der Waals surface area contributed by atoms with Crippen molar-refractivity contribution in [3.05, 3.63) is 64.8 Å². The number of esters is 2. The minimum atomic E-state index is -0.598. The van der Waals surface area contributed by atoms with E-state index in [4.69, 9.17) is 4.74 Å². The Morgan fingerprint density at radius 1 is 1.00 bits per heavy atom. The summed E-state index contributed by atoms with van der Waals surface area (Å²) >= 11 is 0. The van der Waals surface area contributed by atoms with E-state index in [0.717, 1.165) is 17.2 Å². The molecule has 0 aliphatic heterocycles. The zero-order chi connectivity index (χ0) is 16.5. The Kier molecular flexibility index (Phi) is 6.83. The summed E-state index contributed by atoms with van der Waals surface area (Å²) in [6, 6.07) is 9.79. The average Bonchev–Trinajstić information content (AvgIpc) is 2.56. The van der Waals surface area contributed by atoms with Crippen molar-refractivity contribution in [1.82, 2.24) is 0 Å². The van der Waals surface area contributed by atoms with Gasteiger partial charge in [-0.15, -0.1) is 0 Å². The van der Waals surface area contributed by atoms with Crippen LogP contribution in [0, 0.1) is 0 Å². The number of carbonyl (C=O) groups is 2. The molecule has 0 heterocycles. The molecule has 4 heteroatoms. The first-order valence-corrected chi connectivity index (χ1v) is 6.78. The van der Waals surface area contributed by atoms with Crippen LogP contribution in [0.1, 0.15) is 19.4 Å². The van der Waals surface area contributed by atoms with Gasteiger partial charge < -0.3 is 9.47 Å². The van der Waals surface area contributed by atoms with Crippen LogP contribution in [0.15, 0.2) is 59.2 Å². The summed E-state index contributed by atoms with van der Waals surface area (Å²) in [7, 11) is 2.53. The van der Waals surface area contributed by atoms with Crippen molar-refractivity contribution in [3.63, 3.8) is 0 Å². The van der Waals surface area contributed by atoms with Crippen LogP contribution < -0.4 is 0 Å². The Balaban J connectivity index is 3.12. The van der Waals surface area contributed by atoms with E-state index in [2.05, 4.69) is 4.74 Å². The van der Waals surface area contributed by atoms with Crippen LogP contribution in [0.4, 0.5) is 0 Å². The highest BCUT2D eigenvalue weighted by molar-refractivity contribution is 6.00. The van der Waals surface area contributed by atoms with Crippen molar-refractivity contribution in [1.29, 1.82) is 0 Å². The summed E-state index contributed by atoms with van der Waals surface area (Å²) in [5.41, 5.74) is 2.74. The zero-order valence-electron chi connectivity index (χ0n) is 13.3. The van der Waals surface area contributed by atoms with Crippen molar-refractivity contribution in [3.8, 4) is 0 Å². The van der Waals surface area contributed by atoms with E-state index >= 15 is 0 Å². The van der Waals surface area contributed by atoms with Gasteiger partial charge in [0.2, 0.25) is 0 Å². The molecule has 0 atom stereocenters. The highest BCUT2D eigenvalue weighted by Gasteiger charge is 2.15. The van der Waals surface area contributed by atoms with Gasteiger partial charge in [0.05, 0.1) is 19.8 Å². The van der Waals surface area contributed by atoms with Gasteiger partial charge in [-0.1, -0.05) is 42.5 Å². The monoisotopic (exact) mass is 300 g/mol. The SMILES string of the molecule is COC(=O)/C=C(C(=O)OC)/C(C)=C(C)/C=C/c1ccccc1. The molecule has 0 unspecified atom stereocenters. The number of methoxy groups -OCH3 is 2. The van der Waals surface area contributed by atoms with Gasteiger partial charge in [-0.3, -0.25) is 0 Å². The maximum Gasteiger partial charge on any atom is 0.338 e. The van der Waals surface area contributed by atoms with Crippen molar-refractivity contribution < 1.29 is 19.1 Å². The third-order valence-corrected chi connectivity index (χ3v) is 3.19. The largest absolute Gasteiger partial charge is 0.466 e. The first kappa shape index (κ1) is 17.4. The van der Waals surface area contributed by atoms with Gasteiger partial charge in [-0.2, -0.15) is 0 Å². The fourth-order valence-corrected chi connectivity index (χ4v) is 1.73. The first-order valence-electron chi connectivity index (χ1n) is 6.78. The lowest BCUT2D eigenvalue weighted by molar-refractivity contribution is -0.138. The molecule has 0 saturated heterocycles. The van der Waals surface area contributed by atoms with Crippen LogP contribution in [0.3, 0.4) is 0 Å². The van der Waals surface area contributed by atoms with Gasteiger partial charge in [0.15, 0.2) is 0 Å². The van der Waals surface area contributed by atoms with Crippen LogP contribution in [-0.4, -0.2) is 26.2 Å². The molecule has 0 saturated carbocycles. The van der Waals surface area contributed by atoms with Crippen LogP contribution in [0.5, 0.6) is 0 Å². The Morgan fingerprint density at radius 2 is 1.64 bits per heavy atom. The van der Waals surface area contributed by atoms with Gasteiger partial charge in [0, 0.05) is 6.08 Å². The standard InChI is InChI=1S/C18H20O4/c1-13(10-11-15-8-6-5-7-9-15)14(2)16(18(20)22-4)12-17(19)21-3/h5-12H,1-4H3/b11-10+,14-13+,16-12-. The highest BCUT2D eigenvalue weighted by atomic mass is 16.5. The lowest BCUT2D eigenvalue weighted by Crippen LogP contribution is -2.10. The molecule has 0 bridgehead atoms. The summed E-state index contributed by atoms with van der Waals surface area (Å²) < 4.78 is 9.29. The number of hydrogen-bond donors (Lipinski definition) is 0. The molecule has 0 radical (unpaired) electrons. The molecular weight excluding hydrogens is 280 g/mol. The van der Waals surface area contributed by atoms with E-state index in [1.54, 1.807) is 6.92 Å². The summed E-state index contributed by atoms with van der Waals surface area (Å²) in [5.74, 6) is -1.17. The molecular formula is C18H20O4. The van der Waals surface area contributed by atoms with E-state index in [9.17, 15) is 9.59 Å². The second-order valence-electron chi connectivity index (χ2n) is 4.62. The Hall–Kier alpha value is -2.62. The molecule has 22 heavy (non-hydrogen) atoms. The smallest absolute Gasteiger partial charge is 0.338 e. The number of benzene rings is 1. The summed E-state index contributed by atoms with van der Waals surface area (Å²) in [5, 5.41) is 0. The van der Waals surface area contributed by atoms with E-state index in [0.29, 0.717) is 5.57 Å². The lowest BCUT2D eigenvalue weighted by Gasteiger charge is -2.08. The molecule has 0 spiro atoms. The third kappa shape index (κ3) is 5.05. The van der Waals surface area contributed by atoms with Crippen molar-refractivity contribution in [2.24, 2.45) is 0 Å². The molecule has 0 aliphatic rings. The van der Waals surface area contributed by atoms with Crippen LogP contribution in [0.25, 0.3) is 6.08 Å². The van der Waals surface area contributed by atoms with Crippen LogP contribution >= 0.6 is 0 Å². The molecule has 0 aliphatic carbocycles. The highest BCUT2D eigenvalue weighted by Crippen LogP contribution is 2.18. The molecule has 0 fully saturated rings. The maximum absolute atomic E-state index is 11.8. The third-order valence-electron chi connectivity index (χ3n) is 3.19. The molecule has 4 nitrogen and oxygen atoms in total. The van der Waals surface area contributed by atoms with E-state index < -0.39 is 11.9 Å². The van der Waals surface area contributed by atoms with Gasteiger partial charge in [-0.05, 0) is 30.6 Å². The van der Waals surface area contributed by atoms with Crippen LogP contribution in [-0.2, 0) is 19.1 Å². The Bertz CT molecular complexity index is 622. The second kappa shape index (κ2) is 8.62. The summed E-state index contributed by atoms with van der Waals surface area (Å²) in [6.07, 6.45) is 4.96. The van der Waals surface area contributed by atoms with Gasteiger partial charge >= 0.3 is 11.9 Å². The number of carbonyl (C=O) groups excluding carboxylic acids is 2. The predicted octanol–water partition coefficient (Wildman–Crippen LogP) is 3.31. The van der Waals surface area contributed by atoms with E-state index in [1.165, 1.54) is 14.2 Å². The summed E-state index contributed by atoms with van der Waals surface area (Å²) in [4.78, 5) is 23.2. The maximum atomic E-state index is 11.8. The summed E-state index contributed by atoms with van der Waals surface area (Å²) in [6.45, 7) is 3.62. The first-order chi connectivity index (χ1) is 10.5. The van der Waals surface area contributed by atoms with Gasteiger partial charge in [0.25, 0.3) is 0 Å². The topological polar surface area (TPSA) is 52.6 Å². The molecule has 0 N–H and O–H groups in total. The lowest BCUT2D eigenvalue weighted by atomic mass is 10.0. The number of allylic oxidation sites excluding steroid dienone is 2. The second-order valence-corrected chi connectivity index (χ2v) is 4.62.